The predicted octanol–water partition coefficient (Wildman–Crippen LogP) is 5.05. The van der Waals surface area contributed by atoms with E-state index in [1.165, 1.54) is 12.1 Å². The zero-order chi connectivity index (χ0) is 25.6. The molecule has 3 heterocycles. The summed E-state index contributed by atoms with van der Waals surface area (Å²) < 4.78 is 41.6. The highest BCUT2D eigenvalue weighted by Crippen LogP contribution is 2.42. The maximum absolute atomic E-state index is 13.9. The molecule has 0 aliphatic carbocycles. The second kappa shape index (κ2) is 9.55. The number of H-pyrrole nitrogens is 1. The maximum Gasteiger partial charge on any atom is 0.416 e. The van der Waals surface area contributed by atoms with Gasteiger partial charge in [-0.15, -0.1) is 0 Å². The number of amides is 2. The van der Waals surface area contributed by atoms with E-state index in [1.807, 2.05) is 7.05 Å². The molecule has 12 heteroatoms. The summed E-state index contributed by atoms with van der Waals surface area (Å²) in [6.07, 6.45) is -3.26. The summed E-state index contributed by atoms with van der Waals surface area (Å²) in [7, 11) is 1.96. The van der Waals surface area contributed by atoms with Gasteiger partial charge in [-0.2, -0.15) is 23.3 Å². The molecular formula is C24H21ClF3N5O2S. The summed E-state index contributed by atoms with van der Waals surface area (Å²) >= 11 is 6.63. The molecule has 1 N–H and O–H groups in total. The van der Waals surface area contributed by atoms with Crippen molar-refractivity contribution in [2.45, 2.75) is 12.6 Å². The second-order valence-electron chi connectivity index (χ2n) is 8.70. The molecular weight excluding hydrogens is 515 g/mol. The minimum absolute atomic E-state index is 0.0390. The predicted molar refractivity (Wildman–Crippen MR) is 132 cm³/mol. The van der Waals surface area contributed by atoms with Gasteiger partial charge in [-0.3, -0.25) is 14.7 Å². The van der Waals surface area contributed by atoms with Crippen LogP contribution in [0.3, 0.4) is 0 Å². The Hall–Kier alpha value is -2.86. The highest BCUT2D eigenvalue weighted by atomic mass is 35.5. The Morgan fingerprint density at radius 1 is 1.11 bits per heavy atom. The van der Waals surface area contributed by atoms with Crippen molar-refractivity contribution in [2.24, 2.45) is 0 Å². The van der Waals surface area contributed by atoms with E-state index in [0.717, 1.165) is 33.7 Å². The van der Waals surface area contributed by atoms with Crippen LogP contribution in [0.1, 0.15) is 16.7 Å². The third-order valence-corrected chi connectivity index (χ3v) is 7.53. The first-order valence-electron chi connectivity index (χ1n) is 11.1. The lowest BCUT2D eigenvalue weighted by molar-refractivity contribution is -0.138. The zero-order valence-electron chi connectivity index (χ0n) is 19.1. The number of carbonyl (C=O) groups is 2. The van der Waals surface area contributed by atoms with E-state index in [2.05, 4.69) is 15.1 Å². The number of imide groups is 1. The topological polar surface area (TPSA) is 72.5 Å². The quantitative estimate of drug-likeness (QED) is 0.472. The molecule has 2 aliphatic heterocycles. The average molecular weight is 536 g/mol. The highest BCUT2D eigenvalue weighted by molar-refractivity contribution is 8.18. The molecule has 0 atom stereocenters. The van der Waals surface area contributed by atoms with E-state index in [-0.39, 0.29) is 21.9 Å². The molecule has 0 bridgehead atoms. The van der Waals surface area contributed by atoms with Gasteiger partial charge in [0.05, 0.1) is 22.2 Å². The van der Waals surface area contributed by atoms with Gasteiger partial charge in [0, 0.05) is 36.6 Å². The lowest BCUT2D eigenvalue weighted by Gasteiger charge is -2.36. The van der Waals surface area contributed by atoms with Gasteiger partial charge in [-0.25, -0.2) is 5.01 Å². The van der Waals surface area contributed by atoms with Crippen molar-refractivity contribution in [1.82, 2.24) is 25.1 Å². The number of piperazine rings is 1. The number of likely N-dealkylation sites (N-methyl/N-ethyl adjacent to an activating group) is 1. The third kappa shape index (κ3) is 4.75. The number of aromatic nitrogens is 2. The standard InChI is InChI=1S/C24H21ClF3N5O2S/c1-31-6-8-32(9-7-31)33-22(34)21(36-23(33)35)18(14-3-5-20-16(10-14)13-29-30-20)11-15-2-4-17(25)12-19(15)24(26,27)28/h2-5,10,12-13H,6-9,11H2,1H3,(H,29,30)/b21-18-. The molecule has 5 rings (SSSR count). The van der Waals surface area contributed by atoms with Gasteiger partial charge in [-0.05, 0) is 66.2 Å². The second-order valence-corrected chi connectivity index (χ2v) is 10.1. The monoisotopic (exact) mass is 535 g/mol. The zero-order valence-corrected chi connectivity index (χ0v) is 20.7. The number of nitrogens with zero attached hydrogens (tertiary/aromatic N) is 4. The SMILES string of the molecule is CN1CCN(N2C(=O)S/C(=C(/Cc3ccc(Cl)cc3C(F)(F)F)c3ccc4[nH]ncc4c3)C2=O)CC1. The number of nitrogens with one attached hydrogen (secondary N) is 1. The number of carbonyl (C=O) groups excluding carboxylic acids is 2. The lowest BCUT2D eigenvalue weighted by atomic mass is 9.93. The van der Waals surface area contributed by atoms with Crippen LogP contribution in [-0.4, -0.2) is 69.5 Å². The molecule has 0 spiro atoms. The van der Waals surface area contributed by atoms with Gasteiger partial charge in [-0.1, -0.05) is 23.7 Å². The summed E-state index contributed by atoms with van der Waals surface area (Å²) in [5.74, 6) is -0.528. The average Bonchev–Trinajstić information content (AvgIpc) is 3.41. The fraction of sp³-hybridized carbons (Fsp3) is 0.292. The Morgan fingerprint density at radius 3 is 2.58 bits per heavy atom. The van der Waals surface area contributed by atoms with Gasteiger partial charge in [0.2, 0.25) is 0 Å². The molecule has 36 heavy (non-hydrogen) atoms. The van der Waals surface area contributed by atoms with Crippen LogP contribution in [0.25, 0.3) is 16.5 Å². The number of fused-ring (bicyclic) bond motifs is 1. The first-order chi connectivity index (χ1) is 17.1. The minimum Gasteiger partial charge on any atom is -0.304 e. The molecule has 1 aromatic heterocycles. The molecule has 2 fully saturated rings. The van der Waals surface area contributed by atoms with Crippen LogP contribution in [-0.2, 0) is 17.4 Å². The van der Waals surface area contributed by atoms with Gasteiger partial charge < -0.3 is 4.90 Å². The van der Waals surface area contributed by atoms with Crippen molar-refractivity contribution >= 4 is 51.0 Å². The van der Waals surface area contributed by atoms with Crippen molar-refractivity contribution < 1.29 is 22.8 Å². The van der Waals surface area contributed by atoms with E-state index >= 15 is 0 Å². The molecule has 2 aromatic carbocycles. The van der Waals surface area contributed by atoms with Crippen LogP contribution in [0, 0.1) is 0 Å². The smallest absolute Gasteiger partial charge is 0.304 e. The normalized spacial score (nSPS) is 19.5. The Balaban J connectivity index is 1.61. The van der Waals surface area contributed by atoms with Gasteiger partial charge >= 0.3 is 11.4 Å². The summed E-state index contributed by atoms with van der Waals surface area (Å²) in [5, 5.41) is 9.88. The maximum atomic E-state index is 13.9. The van der Waals surface area contributed by atoms with E-state index < -0.39 is 22.9 Å². The fourth-order valence-electron chi connectivity index (χ4n) is 4.38. The Bertz CT molecular complexity index is 1380. The van der Waals surface area contributed by atoms with Crippen molar-refractivity contribution in [3.05, 3.63) is 69.2 Å². The van der Waals surface area contributed by atoms with Crippen molar-refractivity contribution in [3.63, 3.8) is 0 Å². The van der Waals surface area contributed by atoms with Crippen LogP contribution in [0.5, 0.6) is 0 Å². The third-order valence-electron chi connectivity index (χ3n) is 6.32. The molecule has 2 saturated heterocycles. The number of benzene rings is 2. The number of halogens is 4. The van der Waals surface area contributed by atoms with Crippen LogP contribution in [0.15, 0.2) is 47.5 Å². The van der Waals surface area contributed by atoms with Crippen LogP contribution in [0.4, 0.5) is 18.0 Å². The number of rotatable bonds is 4. The summed E-state index contributed by atoms with van der Waals surface area (Å²) in [5.41, 5.74) is 0.698. The number of allylic oxidation sites excluding steroid dienone is 1. The summed E-state index contributed by atoms with van der Waals surface area (Å²) in [4.78, 5) is 28.7. The van der Waals surface area contributed by atoms with Crippen LogP contribution < -0.4 is 0 Å². The highest BCUT2D eigenvalue weighted by Gasteiger charge is 2.42. The van der Waals surface area contributed by atoms with E-state index in [9.17, 15) is 22.8 Å². The Morgan fingerprint density at radius 2 is 1.86 bits per heavy atom. The van der Waals surface area contributed by atoms with Crippen LogP contribution >= 0.6 is 23.4 Å². The van der Waals surface area contributed by atoms with Crippen LogP contribution in [0.2, 0.25) is 5.02 Å². The van der Waals surface area contributed by atoms with Crippen molar-refractivity contribution in [2.75, 3.05) is 33.2 Å². The lowest BCUT2D eigenvalue weighted by Crippen LogP contribution is -2.54. The van der Waals surface area contributed by atoms with E-state index in [1.54, 1.807) is 29.4 Å². The Kier molecular flexibility index (Phi) is 6.58. The van der Waals surface area contributed by atoms with E-state index in [4.69, 9.17) is 11.6 Å². The number of hydrogen-bond donors (Lipinski definition) is 1. The number of hydrazine groups is 1. The number of alkyl halides is 3. The molecule has 3 aromatic rings. The van der Waals surface area contributed by atoms with Gasteiger partial charge in [0.15, 0.2) is 0 Å². The first kappa shape index (κ1) is 24.8. The molecule has 0 saturated carbocycles. The summed E-state index contributed by atoms with van der Waals surface area (Å²) in [6.45, 7) is 2.36. The molecule has 7 nitrogen and oxygen atoms in total. The molecule has 2 aliphatic rings. The molecule has 0 unspecified atom stereocenters. The first-order valence-corrected chi connectivity index (χ1v) is 12.3. The molecule has 0 radical (unpaired) electrons. The van der Waals surface area contributed by atoms with Gasteiger partial charge in [0.1, 0.15) is 0 Å². The van der Waals surface area contributed by atoms with Crippen molar-refractivity contribution in [1.29, 1.82) is 0 Å². The molecule has 2 amide bonds. The van der Waals surface area contributed by atoms with Gasteiger partial charge in [0.25, 0.3) is 5.91 Å². The largest absolute Gasteiger partial charge is 0.416 e. The number of thioether (sulfide) groups is 1. The van der Waals surface area contributed by atoms with E-state index in [0.29, 0.717) is 37.3 Å². The summed E-state index contributed by atoms with van der Waals surface area (Å²) in [6, 6.07) is 8.79. The Labute approximate surface area is 213 Å². The minimum atomic E-state index is -4.64. The fourth-order valence-corrected chi connectivity index (χ4v) is 5.50. The molecule has 188 valence electrons. The number of hydrogen-bond acceptors (Lipinski definition) is 6. The van der Waals surface area contributed by atoms with Crippen molar-refractivity contribution in [3.8, 4) is 0 Å². The number of aromatic amines is 1.